The molecule has 0 radical (unpaired) electrons. The first kappa shape index (κ1) is 18.8. The molecule has 2 aromatic carbocycles. The van der Waals surface area contributed by atoms with E-state index >= 15 is 0 Å². The van der Waals surface area contributed by atoms with Crippen LogP contribution in [-0.2, 0) is 11.2 Å². The minimum absolute atomic E-state index is 0.190. The Morgan fingerprint density at radius 1 is 1.14 bits per heavy atom. The number of nitrogens with zero attached hydrogens (tertiary/aromatic N) is 2. The predicted molar refractivity (Wildman–Crippen MR) is 113 cm³/mol. The lowest BCUT2D eigenvalue weighted by atomic mass is 10.0. The third kappa shape index (κ3) is 4.30. The van der Waals surface area contributed by atoms with Crippen molar-refractivity contribution in [3.05, 3.63) is 83.2 Å². The van der Waals surface area contributed by atoms with Crippen molar-refractivity contribution in [3.8, 4) is 0 Å². The molecule has 1 fully saturated rings. The van der Waals surface area contributed by atoms with Gasteiger partial charge < -0.3 is 9.88 Å². The van der Waals surface area contributed by atoms with E-state index in [1.54, 1.807) is 0 Å². The van der Waals surface area contributed by atoms with E-state index in [4.69, 9.17) is 4.98 Å². The van der Waals surface area contributed by atoms with Crippen LogP contribution in [0.1, 0.15) is 41.4 Å². The number of carbonyl (C=O) groups is 1. The quantitative estimate of drug-likeness (QED) is 0.616. The normalized spacial score (nSPS) is 16.5. The maximum absolute atomic E-state index is 12.8. The van der Waals surface area contributed by atoms with Crippen molar-refractivity contribution < 1.29 is 4.79 Å². The SMILES string of the molecule is Cc1[nH]c(SCC(=O)N2CCCC2c2ccccc2)nc1Cc1ccccc1. The fourth-order valence-corrected chi connectivity index (χ4v) is 4.62. The Balaban J connectivity index is 1.38. The Morgan fingerprint density at radius 2 is 1.86 bits per heavy atom. The first-order valence-electron chi connectivity index (χ1n) is 9.77. The van der Waals surface area contributed by atoms with E-state index in [1.807, 2.05) is 48.2 Å². The number of aryl methyl sites for hydroxylation is 1. The second kappa shape index (κ2) is 8.65. The number of rotatable bonds is 6. The zero-order chi connectivity index (χ0) is 19.3. The standard InChI is InChI=1S/C23H25N3OS/c1-17-20(15-18-9-4-2-5-10-18)25-23(24-17)28-16-22(27)26-14-8-13-21(26)19-11-6-3-7-12-19/h2-7,9-12,21H,8,13-16H2,1H3,(H,24,25). The van der Waals surface area contributed by atoms with Gasteiger partial charge in [0, 0.05) is 18.7 Å². The number of aromatic amines is 1. The molecule has 4 nitrogen and oxygen atoms in total. The van der Waals surface area contributed by atoms with Gasteiger partial charge in [-0.25, -0.2) is 4.98 Å². The van der Waals surface area contributed by atoms with Crippen molar-refractivity contribution in [2.75, 3.05) is 12.3 Å². The molecular weight excluding hydrogens is 366 g/mol. The Morgan fingerprint density at radius 3 is 2.61 bits per heavy atom. The number of nitrogens with one attached hydrogen (secondary N) is 1. The Hall–Kier alpha value is -2.53. The molecule has 1 aromatic heterocycles. The summed E-state index contributed by atoms with van der Waals surface area (Å²) in [5.74, 6) is 0.608. The number of imidazole rings is 1. The lowest BCUT2D eigenvalue weighted by molar-refractivity contribution is -0.129. The number of amides is 1. The van der Waals surface area contributed by atoms with Crippen LogP contribution in [0, 0.1) is 6.92 Å². The highest BCUT2D eigenvalue weighted by Crippen LogP contribution is 2.32. The van der Waals surface area contributed by atoms with Crippen LogP contribution < -0.4 is 0 Å². The highest BCUT2D eigenvalue weighted by atomic mass is 32.2. The van der Waals surface area contributed by atoms with Crippen molar-refractivity contribution in [3.63, 3.8) is 0 Å². The number of H-pyrrole nitrogens is 1. The number of thioether (sulfide) groups is 1. The second-order valence-corrected chi connectivity index (χ2v) is 8.18. The highest BCUT2D eigenvalue weighted by molar-refractivity contribution is 7.99. The van der Waals surface area contributed by atoms with Crippen molar-refractivity contribution in [2.45, 2.75) is 37.4 Å². The van der Waals surface area contributed by atoms with E-state index < -0.39 is 0 Å². The van der Waals surface area contributed by atoms with Crippen molar-refractivity contribution >= 4 is 17.7 Å². The molecule has 1 N–H and O–H groups in total. The molecule has 1 atom stereocenters. The van der Waals surface area contributed by atoms with Crippen LogP contribution in [0.15, 0.2) is 65.8 Å². The number of carbonyl (C=O) groups excluding carboxylic acids is 1. The van der Waals surface area contributed by atoms with Gasteiger partial charge in [0.05, 0.1) is 17.5 Å². The van der Waals surface area contributed by atoms with E-state index in [0.29, 0.717) is 5.75 Å². The molecule has 28 heavy (non-hydrogen) atoms. The Kier molecular flexibility index (Phi) is 5.81. The predicted octanol–water partition coefficient (Wildman–Crippen LogP) is 4.76. The van der Waals surface area contributed by atoms with Crippen molar-refractivity contribution in [2.24, 2.45) is 0 Å². The zero-order valence-corrected chi connectivity index (χ0v) is 16.9. The number of likely N-dealkylation sites (tertiary alicyclic amines) is 1. The lowest BCUT2D eigenvalue weighted by Gasteiger charge is -2.24. The molecule has 1 aliphatic rings. The molecule has 144 valence electrons. The molecule has 1 amide bonds. The van der Waals surface area contributed by atoms with E-state index in [0.717, 1.165) is 42.4 Å². The van der Waals surface area contributed by atoms with Gasteiger partial charge in [0.25, 0.3) is 0 Å². The highest BCUT2D eigenvalue weighted by Gasteiger charge is 2.29. The minimum atomic E-state index is 0.190. The summed E-state index contributed by atoms with van der Waals surface area (Å²) in [6, 6.07) is 20.9. The largest absolute Gasteiger partial charge is 0.337 e. The van der Waals surface area contributed by atoms with E-state index in [2.05, 4.69) is 29.2 Å². The molecule has 2 heterocycles. The zero-order valence-electron chi connectivity index (χ0n) is 16.1. The van der Waals surface area contributed by atoms with Gasteiger partial charge in [-0.1, -0.05) is 72.4 Å². The molecule has 0 spiro atoms. The van der Waals surface area contributed by atoms with Crippen LogP contribution >= 0.6 is 11.8 Å². The fraction of sp³-hybridized carbons (Fsp3) is 0.304. The summed E-state index contributed by atoms with van der Waals surface area (Å²) in [5.41, 5.74) is 4.59. The van der Waals surface area contributed by atoms with Crippen LogP contribution in [0.3, 0.4) is 0 Å². The summed E-state index contributed by atoms with van der Waals surface area (Å²) in [5, 5.41) is 0.826. The molecule has 3 aromatic rings. The Bertz CT molecular complexity index is 924. The molecule has 5 heteroatoms. The maximum Gasteiger partial charge on any atom is 0.233 e. The second-order valence-electron chi connectivity index (χ2n) is 7.22. The van der Waals surface area contributed by atoms with Gasteiger partial charge in [-0.15, -0.1) is 0 Å². The van der Waals surface area contributed by atoms with Crippen LogP contribution in [0.4, 0.5) is 0 Å². The first-order valence-corrected chi connectivity index (χ1v) is 10.8. The number of aromatic nitrogens is 2. The van der Waals surface area contributed by atoms with Gasteiger partial charge in [-0.05, 0) is 30.9 Å². The lowest BCUT2D eigenvalue weighted by Crippen LogP contribution is -2.31. The average Bonchev–Trinajstić information content (AvgIpc) is 3.35. The third-order valence-corrected chi connectivity index (χ3v) is 6.13. The van der Waals surface area contributed by atoms with E-state index in [9.17, 15) is 4.79 Å². The van der Waals surface area contributed by atoms with Gasteiger partial charge >= 0.3 is 0 Å². The summed E-state index contributed by atoms with van der Waals surface area (Å²) in [7, 11) is 0. The fourth-order valence-electron chi connectivity index (χ4n) is 3.80. The topological polar surface area (TPSA) is 49.0 Å². The third-order valence-electron chi connectivity index (χ3n) is 5.27. The van der Waals surface area contributed by atoms with Gasteiger partial charge in [-0.2, -0.15) is 0 Å². The average molecular weight is 392 g/mol. The molecular formula is C23H25N3OS. The molecule has 0 saturated carbocycles. The van der Waals surface area contributed by atoms with Gasteiger partial charge in [0.1, 0.15) is 0 Å². The van der Waals surface area contributed by atoms with E-state index in [1.165, 1.54) is 22.9 Å². The summed E-state index contributed by atoms with van der Waals surface area (Å²) >= 11 is 1.50. The van der Waals surface area contributed by atoms with Crippen molar-refractivity contribution in [1.29, 1.82) is 0 Å². The molecule has 1 unspecified atom stereocenters. The van der Waals surface area contributed by atoms with Gasteiger partial charge in [-0.3, -0.25) is 4.79 Å². The summed E-state index contributed by atoms with van der Waals surface area (Å²) in [4.78, 5) is 22.9. The summed E-state index contributed by atoms with van der Waals surface area (Å²) in [6.07, 6.45) is 2.92. The summed E-state index contributed by atoms with van der Waals surface area (Å²) < 4.78 is 0. The van der Waals surface area contributed by atoms with Gasteiger partial charge in [0.15, 0.2) is 5.16 Å². The number of hydrogen-bond acceptors (Lipinski definition) is 3. The molecule has 0 aliphatic carbocycles. The van der Waals surface area contributed by atoms with Crippen LogP contribution in [0.2, 0.25) is 0 Å². The Labute approximate surface area is 170 Å². The maximum atomic E-state index is 12.8. The van der Waals surface area contributed by atoms with Crippen molar-refractivity contribution in [1.82, 2.24) is 14.9 Å². The number of hydrogen-bond donors (Lipinski definition) is 1. The number of benzene rings is 2. The van der Waals surface area contributed by atoms with E-state index in [-0.39, 0.29) is 11.9 Å². The molecule has 4 rings (SSSR count). The smallest absolute Gasteiger partial charge is 0.233 e. The molecule has 1 saturated heterocycles. The molecule has 0 bridgehead atoms. The van der Waals surface area contributed by atoms with Crippen LogP contribution in [-0.4, -0.2) is 33.1 Å². The monoisotopic (exact) mass is 391 g/mol. The minimum Gasteiger partial charge on any atom is -0.337 e. The molecule has 1 aliphatic heterocycles. The van der Waals surface area contributed by atoms with Crippen LogP contribution in [0.5, 0.6) is 0 Å². The summed E-state index contributed by atoms with van der Waals surface area (Å²) in [6.45, 7) is 2.89. The first-order chi connectivity index (χ1) is 13.7. The van der Waals surface area contributed by atoms with Gasteiger partial charge in [0.2, 0.25) is 5.91 Å². The van der Waals surface area contributed by atoms with Crippen LogP contribution in [0.25, 0.3) is 0 Å².